The van der Waals surface area contributed by atoms with Crippen LogP contribution in [0.15, 0.2) is 24.3 Å². The Morgan fingerprint density at radius 2 is 1.93 bits per heavy atom. The van der Waals surface area contributed by atoms with Gasteiger partial charge in [-0.15, -0.1) is 0 Å². The maximum atomic E-state index is 13.6. The minimum Gasteiger partial charge on any atom is -0.317 e. The van der Waals surface area contributed by atoms with Crippen molar-refractivity contribution in [3.8, 4) is 0 Å². The molecule has 1 unspecified atom stereocenters. The summed E-state index contributed by atoms with van der Waals surface area (Å²) >= 11 is 0. The summed E-state index contributed by atoms with van der Waals surface area (Å²) in [5.41, 5.74) is -0.535. The summed E-state index contributed by atoms with van der Waals surface area (Å²) < 4.78 is 40.3. The van der Waals surface area contributed by atoms with Gasteiger partial charge in [0.15, 0.2) is 0 Å². The van der Waals surface area contributed by atoms with E-state index in [-0.39, 0.29) is 6.04 Å². The molecule has 1 N–H and O–H groups in total. The van der Waals surface area contributed by atoms with Crippen molar-refractivity contribution in [1.29, 1.82) is 0 Å². The van der Waals surface area contributed by atoms with E-state index in [1.165, 1.54) is 12.1 Å². The van der Waals surface area contributed by atoms with Crippen LogP contribution in [0.4, 0.5) is 13.2 Å². The van der Waals surface area contributed by atoms with Crippen LogP contribution in [0.25, 0.3) is 0 Å². The van der Waals surface area contributed by atoms with Gasteiger partial charge in [-0.25, -0.2) is 13.2 Å². The van der Waals surface area contributed by atoms with Gasteiger partial charge in [0.05, 0.1) is 5.56 Å². The Morgan fingerprint density at radius 3 is 2.47 bits per heavy atom. The second-order valence-corrected chi connectivity index (χ2v) is 3.58. The van der Waals surface area contributed by atoms with E-state index in [2.05, 4.69) is 5.32 Å². The van der Waals surface area contributed by atoms with Crippen molar-refractivity contribution in [3.63, 3.8) is 0 Å². The monoisotopic (exact) mass is 217 g/mol. The Bertz CT molecular complexity index is 325. The zero-order valence-corrected chi connectivity index (χ0v) is 8.73. The lowest BCUT2D eigenvalue weighted by Gasteiger charge is -2.21. The predicted octanol–water partition coefficient (Wildman–Crippen LogP) is 2.92. The molecule has 1 aromatic rings. The van der Waals surface area contributed by atoms with E-state index in [4.69, 9.17) is 0 Å². The fraction of sp³-hybridized carbons (Fsp3) is 0.455. The first-order valence-electron chi connectivity index (χ1n) is 4.77. The molecule has 4 heteroatoms. The van der Waals surface area contributed by atoms with Gasteiger partial charge in [0, 0.05) is 12.5 Å². The van der Waals surface area contributed by atoms with Gasteiger partial charge in [-0.1, -0.05) is 18.2 Å². The number of nitrogens with one attached hydrogen (secondary N) is 1. The predicted molar refractivity (Wildman–Crippen MR) is 53.4 cm³/mol. The third kappa shape index (κ3) is 2.96. The molecule has 0 aliphatic heterocycles. The molecule has 0 radical (unpaired) electrons. The SMILES string of the molecule is CNC(C)CC(F)(F)c1ccccc1F. The largest absolute Gasteiger partial charge is 0.317 e. The molecule has 15 heavy (non-hydrogen) atoms. The highest BCUT2D eigenvalue weighted by Crippen LogP contribution is 2.34. The van der Waals surface area contributed by atoms with E-state index in [1.54, 1.807) is 14.0 Å². The molecule has 0 bridgehead atoms. The van der Waals surface area contributed by atoms with Crippen molar-refractivity contribution in [2.24, 2.45) is 0 Å². The van der Waals surface area contributed by atoms with E-state index >= 15 is 0 Å². The Hall–Kier alpha value is -1.03. The third-order valence-corrected chi connectivity index (χ3v) is 2.32. The van der Waals surface area contributed by atoms with Crippen LogP contribution in [0, 0.1) is 5.82 Å². The molecule has 0 aliphatic carbocycles. The fourth-order valence-corrected chi connectivity index (χ4v) is 1.35. The second kappa shape index (κ2) is 4.66. The van der Waals surface area contributed by atoms with Crippen LogP contribution in [0.5, 0.6) is 0 Å². The van der Waals surface area contributed by atoms with E-state index in [0.717, 1.165) is 12.1 Å². The Balaban J connectivity index is 2.90. The zero-order valence-electron chi connectivity index (χ0n) is 8.73. The van der Waals surface area contributed by atoms with Crippen molar-refractivity contribution in [3.05, 3.63) is 35.6 Å². The third-order valence-electron chi connectivity index (χ3n) is 2.32. The van der Waals surface area contributed by atoms with Crippen LogP contribution in [0.3, 0.4) is 0 Å². The molecular weight excluding hydrogens is 203 g/mol. The summed E-state index contributed by atoms with van der Waals surface area (Å²) in [7, 11) is 1.60. The van der Waals surface area contributed by atoms with Crippen molar-refractivity contribution >= 4 is 0 Å². The highest BCUT2D eigenvalue weighted by atomic mass is 19.3. The molecule has 0 saturated heterocycles. The van der Waals surface area contributed by atoms with Gasteiger partial charge in [-0.3, -0.25) is 0 Å². The quantitative estimate of drug-likeness (QED) is 0.817. The molecule has 1 nitrogen and oxygen atoms in total. The van der Waals surface area contributed by atoms with E-state index in [1.807, 2.05) is 0 Å². The second-order valence-electron chi connectivity index (χ2n) is 3.58. The summed E-state index contributed by atoms with van der Waals surface area (Å²) in [4.78, 5) is 0. The number of hydrogen-bond donors (Lipinski definition) is 1. The maximum Gasteiger partial charge on any atom is 0.277 e. The first-order valence-corrected chi connectivity index (χ1v) is 4.77. The van der Waals surface area contributed by atoms with E-state index in [0.29, 0.717) is 0 Å². The van der Waals surface area contributed by atoms with Crippen LogP contribution >= 0.6 is 0 Å². The topological polar surface area (TPSA) is 12.0 Å². The Labute approximate surface area is 87.3 Å². The first-order chi connectivity index (χ1) is 6.97. The van der Waals surface area contributed by atoms with Crippen LogP contribution in [-0.2, 0) is 5.92 Å². The molecule has 0 saturated carbocycles. The van der Waals surface area contributed by atoms with Gasteiger partial charge in [-0.05, 0) is 20.0 Å². The van der Waals surface area contributed by atoms with E-state index in [9.17, 15) is 13.2 Å². The van der Waals surface area contributed by atoms with Gasteiger partial charge in [0.25, 0.3) is 5.92 Å². The lowest BCUT2D eigenvalue weighted by atomic mass is 10.0. The molecule has 0 aromatic heterocycles. The number of halogens is 3. The molecule has 84 valence electrons. The molecule has 0 aliphatic rings. The average molecular weight is 217 g/mol. The highest BCUT2D eigenvalue weighted by molar-refractivity contribution is 5.22. The van der Waals surface area contributed by atoms with Crippen LogP contribution < -0.4 is 5.32 Å². The summed E-state index contributed by atoms with van der Waals surface area (Å²) in [5, 5.41) is 2.71. The van der Waals surface area contributed by atoms with Crippen molar-refractivity contribution in [2.75, 3.05) is 7.05 Å². The smallest absolute Gasteiger partial charge is 0.277 e. The summed E-state index contributed by atoms with van der Waals surface area (Å²) in [6, 6.07) is 4.62. The standard InChI is InChI=1S/C11H14F3N/c1-8(15-2)7-11(13,14)9-5-3-4-6-10(9)12/h3-6,8,15H,7H2,1-2H3. The minimum absolute atomic E-state index is 0.361. The summed E-state index contributed by atoms with van der Waals surface area (Å²) in [5.74, 6) is -3.99. The Morgan fingerprint density at radius 1 is 1.33 bits per heavy atom. The first kappa shape index (κ1) is 12.0. The summed E-state index contributed by atoms with van der Waals surface area (Å²) in [6.07, 6.45) is -0.412. The van der Waals surface area contributed by atoms with Gasteiger partial charge in [0.1, 0.15) is 5.82 Å². The average Bonchev–Trinajstić information content (AvgIpc) is 2.17. The van der Waals surface area contributed by atoms with Gasteiger partial charge in [-0.2, -0.15) is 0 Å². The zero-order chi connectivity index (χ0) is 11.5. The number of benzene rings is 1. The van der Waals surface area contributed by atoms with Crippen molar-refractivity contribution < 1.29 is 13.2 Å². The minimum atomic E-state index is -3.13. The van der Waals surface area contributed by atoms with Crippen molar-refractivity contribution in [2.45, 2.75) is 25.3 Å². The molecular formula is C11H14F3N. The summed E-state index contributed by atoms with van der Waals surface area (Å²) in [6.45, 7) is 1.63. The molecule has 1 rings (SSSR count). The molecule has 1 atom stereocenters. The maximum absolute atomic E-state index is 13.6. The fourth-order valence-electron chi connectivity index (χ4n) is 1.35. The Kier molecular flexibility index (Phi) is 3.74. The number of hydrogen-bond acceptors (Lipinski definition) is 1. The van der Waals surface area contributed by atoms with Crippen LogP contribution in [0.1, 0.15) is 18.9 Å². The van der Waals surface area contributed by atoms with Crippen molar-refractivity contribution in [1.82, 2.24) is 5.32 Å². The highest BCUT2D eigenvalue weighted by Gasteiger charge is 2.35. The van der Waals surface area contributed by atoms with Gasteiger partial charge >= 0.3 is 0 Å². The molecule has 0 spiro atoms. The number of rotatable bonds is 4. The molecule has 0 heterocycles. The molecule has 1 aromatic carbocycles. The number of alkyl halides is 2. The lowest BCUT2D eigenvalue weighted by molar-refractivity contribution is -0.0239. The molecule has 0 fully saturated rings. The van der Waals surface area contributed by atoms with Crippen LogP contribution in [-0.4, -0.2) is 13.1 Å². The van der Waals surface area contributed by atoms with Crippen LogP contribution in [0.2, 0.25) is 0 Å². The van der Waals surface area contributed by atoms with E-state index < -0.39 is 23.7 Å². The van der Waals surface area contributed by atoms with Gasteiger partial charge < -0.3 is 5.32 Å². The van der Waals surface area contributed by atoms with Gasteiger partial charge in [0.2, 0.25) is 0 Å². The lowest BCUT2D eigenvalue weighted by Crippen LogP contribution is -2.29. The normalized spacial score (nSPS) is 13.9. The molecule has 0 amide bonds.